The van der Waals surface area contributed by atoms with E-state index in [9.17, 15) is 4.79 Å². The van der Waals surface area contributed by atoms with Crippen molar-refractivity contribution in [2.24, 2.45) is 13.0 Å². The molecule has 1 aromatic heterocycles. The smallest absolute Gasteiger partial charge is 0.244 e. The number of amides is 1. The van der Waals surface area contributed by atoms with E-state index < -0.39 is 0 Å². The standard InChI is InChI=1S/C18H23ClN4OS/c1-13(2)12-25-18-22-21-16(23(18)3)10-11-20-17(24)9-8-14-6-4-5-7-15(14)19/h4-9,13H,10-12H2,1-3H3,(H,20,24)/b9-8+. The molecule has 0 aliphatic rings. The minimum Gasteiger partial charge on any atom is -0.352 e. The number of halogens is 1. The molecule has 0 saturated carbocycles. The van der Waals surface area contributed by atoms with Gasteiger partial charge < -0.3 is 9.88 Å². The third-order valence-electron chi connectivity index (χ3n) is 3.44. The van der Waals surface area contributed by atoms with Gasteiger partial charge in [-0.2, -0.15) is 0 Å². The van der Waals surface area contributed by atoms with Gasteiger partial charge in [-0.3, -0.25) is 4.79 Å². The van der Waals surface area contributed by atoms with Gasteiger partial charge in [0.2, 0.25) is 5.91 Å². The molecule has 0 aliphatic carbocycles. The van der Waals surface area contributed by atoms with E-state index in [1.165, 1.54) is 6.08 Å². The highest BCUT2D eigenvalue weighted by Crippen LogP contribution is 2.18. The highest BCUT2D eigenvalue weighted by Gasteiger charge is 2.10. The number of rotatable bonds is 8. The molecular weight excluding hydrogens is 356 g/mol. The average Bonchev–Trinajstić information content (AvgIpc) is 2.92. The van der Waals surface area contributed by atoms with Crippen LogP contribution in [0.25, 0.3) is 6.08 Å². The van der Waals surface area contributed by atoms with E-state index >= 15 is 0 Å². The largest absolute Gasteiger partial charge is 0.352 e. The monoisotopic (exact) mass is 378 g/mol. The number of benzene rings is 1. The lowest BCUT2D eigenvalue weighted by molar-refractivity contribution is -0.116. The van der Waals surface area contributed by atoms with E-state index in [1.807, 2.05) is 29.8 Å². The lowest BCUT2D eigenvalue weighted by Gasteiger charge is -2.05. The molecule has 7 heteroatoms. The van der Waals surface area contributed by atoms with E-state index in [-0.39, 0.29) is 5.91 Å². The van der Waals surface area contributed by atoms with Crippen LogP contribution in [0, 0.1) is 5.92 Å². The Bertz CT molecular complexity index is 742. The van der Waals surface area contributed by atoms with Crippen LogP contribution in [-0.4, -0.2) is 33.0 Å². The molecule has 134 valence electrons. The van der Waals surface area contributed by atoms with Crippen LogP contribution in [0.3, 0.4) is 0 Å². The van der Waals surface area contributed by atoms with E-state index in [4.69, 9.17) is 11.6 Å². The fraction of sp³-hybridized carbons (Fsp3) is 0.389. The molecule has 2 rings (SSSR count). The van der Waals surface area contributed by atoms with E-state index in [2.05, 4.69) is 29.4 Å². The van der Waals surface area contributed by atoms with Crippen molar-refractivity contribution in [2.75, 3.05) is 12.3 Å². The predicted molar refractivity (Wildman–Crippen MR) is 104 cm³/mol. The minimum atomic E-state index is -0.156. The minimum absolute atomic E-state index is 0.156. The number of carbonyl (C=O) groups excluding carboxylic acids is 1. The maximum absolute atomic E-state index is 11.9. The Labute approximate surface area is 157 Å². The summed E-state index contributed by atoms with van der Waals surface area (Å²) >= 11 is 7.76. The zero-order chi connectivity index (χ0) is 18.2. The van der Waals surface area contributed by atoms with Gasteiger partial charge in [0.1, 0.15) is 5.82 Å². The number of aromatic nitrogens is 3. The second kappa shape index (κ2) is 9.63. The van der Waals surface area contributed by atoms with Gasteiger partial charge >= 0.3 is 0 Å². The molecule has 5 nitrogen and oxygen atoms in total. The van der Waals surface area contributed by atoms with Gasteiger partial charge in [0.15, 0.2) is 5.16 Å². The van der Waals surface area contributed by atoms with Crippen LogP contribution >= 0.6 is 23.4 Å². The van der Waals surface area contributed by atoms with Gasteiger partial charge in [0.25, 0.3) is 0 Å². The van der Waals surface area contributed by atoms with Crippen LogP contribution in [0.2, 0.25) is 5.02 Å². The first kappa shape index (κ1) is 19.5. The van der Waals surface area contributed by atoms with Crippen LogP contribution in [0.15, 0.2) is 35.5 Å². The summed E-state index contributed by atoms with van der Waals surface area (Å²) < 4.78 is 1.98. The van der Waals surface area contributed by atoms with Crippen molar-refractivity contribution in [3.63, 3.8) is 0 Å². The molecule has 0 radical (unpaired) electrons. The van der Waals surface area contributed by atoms with E-state index in [1.54, 1.807) is 23.9 Å². The summed E-state index contributed by atoms with van der Waals surface area (Å²) in [4.78, 5) is 11.9. The Kier molecular flexibility index (Phi) is 7.52. The zero-order valence-corrected chi connectivity index (χ0v) is 16.3. The molecule has 0 unspecified atom stereocenters. The van der Waals surface area contributed by atoms with E-state index in [0.29, 0.717) is 23.9 Å². The Morgan fingerprint density at radius 1 is 1.36 bits per heavy atom. The van der Waals surface area contributed by atoms with Crippen molar-refractivity contribution >= 4 is 35.3 Å². The quantitative estimate of drug-likeness (QED) is 0.563. The summed E-state index contributed by atoms with van der Waals surface area (Å²) in [6.45, 7) is 4.86. The second-order valence-corrected chi connectivity index (χ2v) is 7.45. The molecule has 2 aromatic rings. The molecule has 0 saturated heterocycles. The van der Waals surface area contributed by atoms with Gasteiger partial charge in [0.05, 0.1) is 0 Å². The topological polar surface area (TPSA) is 59.8 Å². The molecule has 1 aromatic carbocycles. The van der Waals surface area contributed by atoms with Gasteiger partial charge in [-0.15, -0.1) is 10.2 Å². The highest BCUT2D eigenvalue weighted by molar-refractivity contribution is 7.99. The van der Waals surface area contributed by atoms with E-state index in [0.717, 1.165) is 22.3 Å². The number of hydrogen-bond donors (Lipinski definition) is 1. The average molecular weight is 379 g/mol. The zero-order valence-electron chi connectivity index (χ0n) is 14.7. The highest BCUT2D eigenvalue weighted by atomic mass is 35.5. The Balaban J connectivity index is 1.80. The lowest BCUT2D eigenvalue weighted by Crippen LogP contribution is -2.24. The third kappa shape index (κ3) is 6.21. The summed E-state index contributed by atoms with van der Waals surface area (Å²) in [5.41, 5.74) is 0.819. The summed E-state index contributed by atoms with van der Waals surface area (Å²) in [7, 11) is 1.96. The number of nitrogens with zero attached hydrogens (tertiary/aromatic N) is 3. The van der Waals surface area contributed by atoms with Crippen LogP contribution < -0.4 is 5.32 Å². The van der Waals surface area contributed by atoms with Gasteiger partial charge in [-0.05, 0) is 23.6 Å². The van der Waals surface area contributed by atoms with Crippen molar-refractivity contribution in [3.05, 3.63) is 46.8 Å². The summed E-state index contributed by atoms with van der Waals surface area (Å²) in [5.74, 6) is 2.32. The Morgan fingerprint density at radius 3 is 2.84 bits per heavy atom. The van der Waals surface area contributed by atoms with Gasteiger partial charge in [0, 0.05) is 36.9 Å². The number of carbonyl (C=O) groups is 1. The first-order chi connectivity index (χ1) is 12.0. The normalized spacial score (nSPS) is 11.4. The Hall–Kier alpha value is -1.79. The second-order valence-electron chi connectivity index (χ2n) is 6.06. The lowest BCUT2D eigenvalue weighted by atomic mass is 10.2. The first-order valence-corrected chi connectivity index (χ1v) is 9.55. The SMILES string of the molecule is CC(C)CSc1nnc(CCNC(=O)/C=C/c2ccccc2Cl)n1C. The molecule has 1 amide bonds. The number of thioether (sulfide) groups is 1. The van der Waals surface area contributed by atoms with Crippen LogP contribution in [0.4, 0.5) is 0 Å². The van der Waals surface area contributed by atoms with Crippen LogP contribution in [0.1, 0.15) is 25.2 Å². The molecule has 1 N–H and O–H groups in total. The number of nitrogens with one attached hydrogen (secondary N) is 1. The first-order valence-electron chi connectivity index (χ1n) is 8.19. The predicted octanol–water partition coefficient (Wildman–Crippen LogP) is 3.59. The maximum atomic E-state index is 11.9. The van der Waals surface area contributed by atoms with Crippen LogP contribution in [-0.2, 0) is 18.3 Å². The van der Waals surface area contributed by atoms with Gasteiger partial charge in [-0.25, -0.2) is 0 Å². The molecule has 0 bridgehead atoms. The van der Waals surface area contributed by atoms with Gasteiger partial charge in [-0.1, -0.05) is 55.4 Å². The molecule has 25 heavy (non-hydrogen) atoms. The van der Waals surface area contributed by atoms with Crippen molar-refractivity contribution in [3.8, 4) is 0 Å². The fourth-order valence-corrected chi connectivity index (χ4v) is 3.14. The van der Waals surface area contributed by atoms with Crippen molar-refractivity contribution in [2.45, 2.75) is 25.4 Å². The van der Waals surface area contributed by atoms with Crippen molar-refractivity contribution in [1.82, 2.24) is 20.1 Å². The summed E-state index contributed by atoms with van der Waals surface area (Å²) in [5, 5.41) is 12.8. The fourth-order valence-electron chi connectivity index (χ4n) is 2.06. The molecule has 1 heterocycles. The molecule has 0 fully saturated rings. The third-order valence-corrected chi connectivity index (χ3v) is 5.23. The Morgan fingerprint density at radius 2 is 2.12 bits per heavy atom. The maximum Gasteiger partial charge on any atom is 0.244 e. The van der Waals surface area contributed by atoms with Crippen LogP contribution in [0.5, 0.6) is 0 Å². The van der Waals surface area contributed by atoms with Crippen molar-refractivity contribution in [1.29, 1.82) is 0 Å². The van der Waals surface area contributed by atoms with Crippen molar-refractivity contribution < 1.29 is 4.79 Å². The molecule has 0 spiro atoms. The number of hydrogen-bond acceptors (Lipinski definition) is 4. The summed E-state index contributed by atoms with van der Waals surface area (Å²) in [6, 6.07) is 7.39. The molecule has 0 aliphatic heterocycles. The molecular formula is C18H23ClN4OS. The summed E-state index contributed by atoms with van der Waals surface area (Å²) in [6.07, 6.45) is 3.83. The molecule has 0 atom stereocenters.